The molecule has 8 heteroatoms. The molecule has 0 unspecified atom stereocenters. The molecule has 0 spiro atoms. The van der Waals surface area contributed by atoms with Crippen molar-refractivity contribution in [1.29, 1.82) is 0 Å². The second-order valence-corrected chi connectivity index (χ2v) is 8.06. The Morgan fingerprint density at radius 3 is 2.00 bits per heavy atom. The maximum atomic E-state index is 12.9. The summed E-state index contributed by atoms with van der Waals surface area (Å²) in [4.78, 5) is 11.5. The Labute approximate surface area is 152 Å². The third-order valence-corrected chi connectivity index (χ3v) is 4.29. The van der Waals surface area contributed by atoms with Gasteiger partial charge in [0.2, 0.25) is 0 Å². The molecule has 0 saturated heterocycles. The Balaban J connectivity index is 1.99. The topological polar surface area (TPSA) is 83.8 Å². The van der Waals surface area contributed by atoms with E-state index < -0.39 is 28.1 Å². The second-order valence-electron chi connectivity index (χ2n) is 6.38. The maximum Gasteiger partial charge on any atom is 0.323 e. The highest BCUT2D eigenvalue weighted by atomic mass is 32.2. The van der Waals surface area contributed by atoms with Gasteiger partial charge in [-0.1, -0.05) is 0 Å². The number of halogens is 1. The van der Waals surface area contributed by atoms with Gasteiger partial charge in [0.1, 0.15) is 29.5 Å². The lowest BCUT2D eigenvalue weighted by Crippen LogP contribution is -2.30. The zero-order chi connectivity index (χ0) is 19.4. The van der Waals surface area contributed by atoms with E-state index in [2.05, 4.69) is 4.72 Å². The highest BCUT2D eigenvalue weighted by Gasteiger charge is 2.21. The van der Waals surface area contributed by atoms with Crippen molar-refractivity contribution in [3.63, 3.8) is 0 Å². The van der Waals surface area contributed by atoms with E-state index in [9.17, 15) is 17.6 Å². The predicted octanol–water partition coefficient (Wildman–Crippen LogP) is 3.25. The summed E-state index contributed by atoms with van der Waals surface area (Å²) >= 11 is 0. The number of nitrogens with zero attached hydrogens (tertiary/aromatic N) is 1. The molecule has 0 bridgehead atoms. The van der Waals surface area contributed by atoms with Crippen molar-refractivity contribution in [1.82, 2.24) is 4.72 Å². The summed E-state index contributed by atoms with van der Waals surface area (Å²) < 4.78 is 51.1. The van der Waals surface area contributed by atoms with Crippen molar-refractivity contribution in [2.24, 2.45) is 0 Å². The van der Waals surface area contributed by atoms with Crippen LogP contribution in [0.1, 0.15) is 20.8 Å². The van der Waals surface area contributed by atoms with Gasteiger partial charge in [0.15, 0.2) is 0 Å². The SMILES string of the molecule is CC(C)(C)OC(=O)C[N]S(=O)(=O)c1ccc(Oc2ccc(F)cc2)cc1. The van der Waals surface area contributed by atoms with Crippen LogP contribution in [0.5, 0.6) is 11.5 Å². The third kappa shape index (κ3) is 6.12. The Hall–Kier alpha value is -2.45. The molecule has 0 saturated carbocycles. The largest absolute Gasteiger partial charge is 0.459 e. The molecular formula is C18H19FNO5S. The highest BCUT2D eigenvalue weighted by molar-refractivity contribution is 7.89. The number of carbonyl (C=O) groups excluding carboxylic acids is 1. The van der Waals surface area contributed by atoms with E-state index >= 15 is 0 Å². The van der Waals surface area contributed by atoms with Crippen molar-refractivity contribution >= 4 is 16.0 Å². The number of ether oxygens (including phenoxy) is 2. The minimum atomic E-state index is -3.99. The number of carbonyl (C=O) groups is 1. The summed E-state index contributed by atoms with van der Waals surface area (Å²) in [6.45, 7) is 4.45. The molecule has 0 amide bonds. The lowest BCUT2D eigenvalue weighted by molar-refractivity contribution is -0.153. The van der Waals surface area contributed by atoms with Crippen LogP contribution in [0.15, 0.2) is 53.4 Å². The number of hydrogen-bond donors (Lipinski definition) is 0. The summed E-state index contributed by atoms with van der Waals surface area (Å²) in [7, 11) is -3.99. The van der Waals surface area contributed by atoms with E-state index in [0.717, 1.165) is 0 Å². The van der Waals surface area contributed by atoms with Crippen LogP contribution in [0.4, 0.5) is 4.39 Å². The standard InChI is InChI=1S/C18H19FNO5S/c1-18(2,3)25-17(21)12-20-26(22,23)16-10-8-15(9-11-16)24-14-6-4-13(19)5-7-14/h4-11H,12H2,1-3H3. The van der Waals surface area contributed by atoms with Crippen LogP contribution in [0.25, 0.3) is 0 Å². The van der Waals surface area contributed by atoms with Crippen molar-refractivity contribution in [2.45, 2.75) is 31.3 Å². The molecule has 2 rings (SSSR count). The zero-order valence-electron chi connectivity index (χ0n) is 14.6. The molecule has 0 heterocycles. The fourth-order valence-corrected chi connectivity index (χ4v) is 2.81. The Bertz CT molecular complexity index is 856. The number of esters is 1. The quantitative estimate of drug-likeness (QED) is 0.718. The molecule has 0 aliphatic carbocycles. The number of hydrogen-bond acceptors (Lipinski definition) is 5. The third-order valence-electron chi connectivity index (χ3n) is 2.95. The zero-order valence-corrected chi connectivity index (χ0v) is 15.4. The van der Waals surface area contributed by atoms with Crippen molar-refractivity contribution in [2.75, 3.05) is 6.54 Å². The van der Waals surface area contributed by atoms with Gasteiger partial charge in [0, 0.05) is 0 Å². The average Bonchev–Trinajstić information content (AvgIpc) is 2.54. The molecule has 26 heavy (non-hydrogen) atoms. The summed E-state index contributed by atoms with van der Waals surface area (Å²) in [5.41, 5.74) is -0.713. The van der Waals surface area contributed by atoms with Crippen LogP contribution in [0, 0.1) is 5.82 Å². The second kappa shape index (κ2) is 7.84. The molecule has 0 aromatic heterocycles. The fourth-order valence-electron chi connectivity index (χ4n) is 1.90. The van der Waals surface area contributed by atoms with Crippen molar-refractivity contribution in [3.8, 4) is 11.5 Å². The van der Waals surface area contributed by atoms with E-state index in [1.807, 2.05) is 0 Å². The molecule has 139 valence electrons. The first-order chi connectivity index (χ1) is 12.0. The van der Waals surface area contributed by atoms with Crippen LogP contribution in [-0.4, -0.2) is 26.5 Å². The molecule has 2 aromatic rings. The van der Waals surface area contributed by atoms with Crippen LogP contribution < -0.4 is 9.46 Å². The Kier molecular flexibility index (Phi) is 5.99. The van der Waals surface area contributed by atoms with E-state index in [1.165, 1.54) is 48.5 Å². The lowest BCUT2D eigenvalue weighted by atomic mass is 10.2. The molecule has 0 aliphatic heterocycles. The van der Waals surface area contributed by atoms with Gasteiger partial charge in [-0.15, -0.1) is 4.72 Å². The Morgan fingerprint density at radius 2 is 1.50 bits per heavy atom. The van der Waals surface area contributed by atoms with Gasteiger partial charge < -0.3 is 9.47 Å². The van der Waals surface area contributed by atoms with Crippen LogP contribution in [-0.2, 0) is 19.6 Å². The average molecular weight is 380 g/mol. The van der Waals surface area contributed by atoms with E-state index in [1.54, 1.807) is 20.8 Å². The van der Waals surface area contributed by atoms with Gasteiger partial charge in [0.05, 0.1) is 4.90 Å². The van der Waals surface area contributed by atoms with Crippen LogP contribution in [0.2, 0.25) is 0 Å². The summed E-state index contributed by atoms with van der Waals surface area (Å²) in [5.74, 6) is -0.318. The minimum absolute atomic E-state index is 0.0764. The van der Waals surface area contributed by atoms with E-state index in [0.29, 0.717) is 11.5 Å². The Morgan fingerprint density at radius 1 is 1.00 bits per heavy atom. The van der Waals surface area contributed by atoms with Gasteiger partial charge in [-0.25, -0.2) is 12.8 Å². The normalized spacial score (nSPS) is 11.8. The predicted molar refractivity (Wildman–Crippen MR) is 92.9 cm³/mol. The first kappa shape index (κ1) is 19.9. The molecule has 0 atom stereocenters. The van der Waals surface area contributed by atoms with Gasteiger partial charge in [-0.05, 0) is 69.3 Å². The van der Waals surface area contributed by atoms with Crippen LogP contribution in [0.3, 0.4) is 0 Å². The monoisotopic (exact) mass is 380 g/mol. The molecule has 6 nitrogen and oxygen atoms in total. The van der Waals surface area contributed by atoms with Crippen molar-refractivity contribution in [3.05, 3.63) is 54.3 Å². The molecule has 2 aromatic carbocycles. The van der Waals surface area contributed by atoms with Gasteiger partial charge in [-0.3, -0.25) is 4.79 Å². The first-order valence-corrected chi connectivity index (χ1v) is 9.18. The van der Waals surface area contributed by atoms with Gasteiger partial charge in [-0.2, -0.15) is 0 Å². The number of benzene rings is 2. The van der Waals surface area contributed by atoms with Crippen LogP contribution >= 0.6 is 0 Å². The lowest BCUT2D eigenvalue weighted by Gasteiger charge is -2.19. The smallest absolute Gasteiger partial charge is 0.323 e. The van der Waals surface area contributed by atoms with E-state index in [-0.39, 0.29) is 10.7 Å². The number of rotatable bonds is 6. The molecular weight excluding hydrogens is 361 g/mol. The number of sulfonamides is 1. The molecule has 0 N–H and O–H groups in total. The summed E-state index contributed by atoms with van der Waals surface area (Å²) in [5, 5.41) is 0. The van der Waals surface area contributed by atoms with Gasteiger partial charge >= 0.3 is 5.97 Å². The van der Waals surface area contributed by atoms with E-state index in [4.69, 9.17) is 9.47 Å². The summed E-state index contributed by atoms with van der Waals surface area (Å²) in [6.07, 6.45) is 0. The van der Waals surface area contributed by atoms with Crippen molar-refractivity contribution < 1.29 is 27.1 Å². The summed E-state index contributed by atoms with van der Waals surface area (Å²) in [6, 6.07) is 10.9. The van der Waals surface area contributed by atoms with Gasteiger partial charge in [0.25, 0.3) is 10.0 Å². The fraction of sp³-hybridized carbons (Fsp3) is 0.278. The molecule has 1 radical (unpaired) electrons. The highest BCUT2D eigenvalue weighted by Crippen LogP contribution is 2.23. The maximum absolute atomic E-state index is 12.9. The first-order valence-electron chi connectivity index (χ1n) is 7.74. The molecule has 0 aliphatic rings. The minimum Gasteiger partial charge on any atom is -0.459 e. The molecule has 0 fully saturated rings.